The van der Waals surface area contributed by atoms with Gasteiger partial charge in [0.15, 0.2) is 5.96 Å². The SMILES string of the molecule is CN=C(NCCc1ccc(C)c(OC)c1)NCc1cccc(F)c1. The van der Waals surface area contributed by atoms with Crippen molar-refractivity contribution in [1.29, 1.82) is 0 Å². The molecule has 0 saturated carbocycles. The lowest BCUT2D eigenvalue weighted by molar-refractivity contribution is 0.411. The summed E-state index contributed by atoms with van der Waals surface area (Å²) in [5, 5.41) is 6.44. The number of methoxy groups -OCH3 is 1. The van der Waals surface area contributed by atoms with Gasteiger partial charge in [0, 0.05) is 20.1 Å². The highest BCUT2D eigenvalue weighted by Crippen LogP contribution is 2.18. The number of guanidine groups is 1. The van der Waals surface area contributed by atoms with E-state index in [1.807, 2.05) is 13.0 Å². The second kappa shape index (κ2) is 8.91. The molecule has 128 valence electrons. The zero-order valence-corrected chi connectivity index (χ0v) is 14.4. The summed E-state index contributed by atoms with van der Waals surface area (Å²) in [6.07, 6.45) is 0.858. The van der Waals surface area contributed by atoms with Gasteiger partial charge in [0.2, 0.25) is 0 Å². The highest BCUT2D eigenvalue weighted by Gasteiger charge is 2.02. The molecular formula is C19H24FN3O. The first-order valence-corrected chi connectivity index (χ1v) is 7.95. The van der Waals surface area contributed by atoms with Gasteiger partial charge >= 0.3 is 0 Å². The van der Waals surface area contributed by atoms with E-state index in [1.54, 1.807) is 20.2 Å². The summed E-state index contributed by atoms with van der Waals surface area (Å²) in [6, 6.07) is 12.7. The molecule has 24 heavy (non-hydrogen) atoms. The molecule has 0 amide bonds. The summed E-state index contributed by atoms with van der Waals surface area (Å²) in [6.45, 7) is 3.30. The van der Waals surface area contributed by atoms with E-state index < -0.39 is 0 Å². The minimum Gasteiger partial charge on any atom is -0.496 e. The smallest absolute Gasteiger partial charge is 0.191 e. The van der Waals surface area contributed by atoms with Crippen LogP contribution >= 0.6 is 0 Å². The number of hydrogen-bond donors (Lipinski definition) is 2. The van der Waals surface area contributed by atoms with E-state index in [2.05, 4.69) is 33.8 Å². The van der Waals surface area contributed by atoms with E-state index in [4.69, 9.17) is 4.74 Å². The maximum absolute atomic E-state index is 13.2. The van der Waals surface area contributed by atoms with Crippen molar-refractivity contribution in [3.8, 4) is 5.75 Å². The lowest BCUT2D eigenvalue weighted by atomic mass is 10.1. The van der Waals surface area contributed by atoms with Gasteiger partial charge in [-0.3, -0.25) is 4.99 Å². The number of halogens is 1. The molecule has 2 rings (SSSR count). The van der Waals surface area contributed by atoms with E-state index in [9.17, 15) is 4.39 Å². The second-order valence-corrected chi connectivity index (χ2v) is 5.54. The van der Waals surface area contributed by atoms with Crippen molar-refractivity contribution >= 4 is 5.96 Å². The van der Waals surface area contributed by atoms with Crippen LogP contribution in [0.15, 0.2) is 47.5 Å². The van der Waals surface area contributed by atoms with Crippen LogP contribution in [0.5, 0.6) is 5.75 Å². The zero-order chi connectivity index (χ0) is 17.4. The van der Waals surface area contributed by atoms with Crippen molar-refractivity contribution < 1.29 is 9.13 Å². The lowest BCUT2D eigenvalue weighted by Gasteiger charge is -2.13. The van der Waals surface area contributed by atoms with Crippen LogP contribution in [-0.2, 0) is 13.0 Å². The number of nitrogens with one attached hydrogen (secondary N) is 2. The van der Waals surface area contributed by atoms with Gasteiger partial charge in [0.25, 0.3) is 0 Å². The molecule has 0 atom stereocenters. The molecule has 4 nitrogen and oxygen atoms in total. The number of benzene rings is 2. The maximum atomic E-state index is 13.2. The fraction of sp³-hybridized carbons (Fsp3) is 0.316. The molecule has 0 aliphatic heterocycles. The molecule has 0 saturated heterocycles. The molecule has 0 unspecified atom stereocenters. The molecule has 0 spiro atoms. The predicted octanol–water partition coefficient (Wildman–Crippen LogP) is 3.05. The van der Waals surface area contributed by atoms with E-state index >= 15 is 0 Å². The van der Waals surface area contributed by atoms with Gasteiger partial charge in [-0.15, -0.1) is 0 Å². The van der Waals surface area contributed by atoms with Crippen molar-refractivity contribution in [2.75, 3.05) is 20.7 Å². The Bertz CT molecular complexity index is 701. The topological polar surface area (TPSA) is 45.7 Å². The Balaban J connectivity index is 1.81. The van der Waals surface area contributed by atoms with Crippen LogP contribution in [-0.4, -0.2) is 26.7 Å². The molecule has 0 aliphatic carbocycles. The Morgan fingerprint density at radius 3 is 2.67 bits per heavy atom. The highest BCUT2D eigenvalue weighted by molar-refractivity contribution is 5.79. The van der Waals surface area contributed by atoms with Crippen LogP contribution in [0, 0.1) is 12.7 Å². The second-order valence-electron chi connectivity index (χ2n) is 5.54. The third-order valence-electron chi connectivity index (χ3n) is 3.75. The maximum Gasteiger partial charge on any atom is 0.191 e. The van der Waals surface area contributed by atoms with E-state index in [1.165, 1.54) is 17.7 Å². The van der Waals surface area contributed by atoms with Crippen LogP contribution < -0.4 is 15.4 Å². The molecule has 2 aromatic carbocycles. The monoisotopic (exact) mass is 329 g/mol. The predicted molar refractivity (Wildman–Crippen MR) is 96.0 cm³/mol. The van der Waals surface area contributed by atoms with Crippen molar-refractivity contribution in [3.05, 3.63) is 65.0 Å². The minimum absolute atomic E-state index is 0.231. The van der Waals surface area contributed by atoms with E-state index in [0.717, 1.165) is 29.8 Å². The number of nitrogens with zero attached hydrogens (tertiary/aromatic N) is 1. The van der Waals surface area contributed by atoms with Crippen LogP contribution in [0.1, 0.15) is 16.7 Å². The Morgan fingerprint density at radius 2 is 1.96 bits per heavy atom. The fourth-order valence-electron chi connectivity index (χ4n) is 2.40. The summed E-state index contributed by atoms with van der Waals surface area (Å²) in [5.41, 5.74) is 3.20. The summed E-state index contributed by atoms with van der Waals surface area (Å²) >= 11 is 0. The van der Waals surface area contributed by atoms with E-state index in [0.29, 0.717) is 12.5 Å². The highest BCUT2D eigenvalue weighted by atomic mass is 19.1. The summed E-state index contributed by atoms with van der Waals surface area (Å²) < 4.78 is 18.5. The van der Waals surface area contributed by atoms with Gasteiger partial charge < -0.3 is 15.4 Å². The summed E-state index contributed by atoms with van der Waals surface area (Å²) in [7, 11) is 3.40. The van der Waals surface area contributed by atoms with Crippen molar-refractivity contribution in [2.24, 2.45) is 4.99 Å². The van der Waals surface area contributed by atoms with Gasteiger partial charge in [-0.25, -0.2) is 4.39 Å². The first-order valence-electron chi connectivity index (χ1n) is 7.95. The first kappa shape index (κ1) is 17.8. The van der Waals surface area contributed by atoms with E-state index in [-0.39, 0.29) is 5.82 Å². The standard InChI is InChI=1S/C19H24FN3O/c1-14-7-8-15(12-18(14)24-3)9-10-22-19(21-2)23-13-16-5-4-6-17(20)11-16/h4-8,11-12H,9-10,13H2,1-3H3,(H2,21,22,23). The largest absolute Gasteiger partial charge is 0.496 e. The lowest BCUT2D eigenvalue weighted by Crippen LogP contribution is -2.37. The molecule has 5 heteroatoms. The molecule has 0 radical (unpaired) electrons. The summed E-state index contributed by atoms with van der Waals surface area (Å²) in [5.74, 6) is 1.37. The van der Waals surface area contributed by atoms with Crippen LogP contribution in [0.4, 0.5) is 4.39 Å². The fourth-order valence-corrected chi connectivity index (χ4v) is 2.40. The Morgan fingerprint density at radius 1 is 1.12 bits per heavy atom. The zero-order valence-electron chi connectivity index (χ0n) is 14.4. The number of hydrogen-bond acceptors (Lipinski definition) is 2. The van der Waals surface area contributed by atoms with Crippen LogP contribution in [0.2, 0.25) is 0 Å². The quantitative estimate of drug-likeness (QED) is 0.632. The third-order valence-corrected chi connectivity index (χ3v) is 3.75. The van der Waals surface area contributed by atoms with Gasteiger partial charge in [0.05, 0.1) is 7.11 Å². The van der Waals surface area contributed by atoms with Gasteiger partial charge in [0.1, 0.15) is 11.6 Å². The summed E-state index contributed by atoms with van der Waals surface area (Å²) in [4.78, 5) is 4.18. The van der Waals surface area contributed by atoms with Crippen molar-refractivity contribution in [2.45, 2.75) is 19.9 Å². The first-order chi connectivity index (χ1) is 11.6. The third kappa shape index (κ3) is 5.26. The average molecular weight is 329 g/mol. The Labute approximate surface area is 142 Å². The van der Waals surface area contributed by atoms with Gasteiger partial charge in [-0.2, -0.15) is 0 Å². The average Bonchev–Trinajstić information content (AvgIpc) is 2.59. The minimum atomic E-state index is -0.231. The Kier molecular flexibility index (Phi) is 6.61. The molecular weight excluding hydrogens is 305 g/mol. The number of aryl methyl sites for hydroxylation is 1. The number of ether oxygens (including phenoxy) is 1. The number of aliphatic imine (C=N–C) groups is 1. The molecule has 0 aliphatic rings. The number of rotatable bonds is 6. The normalized spacial score (nSPS) is 11.2. The van der Waals surface area contributed by atoms with Crippen LogP contribution in [0.25, 0.3) is 0 Å². The van der Waals surface area contributed by atoms with Gasteiger partial charge in [-0.1, -0.05) is 24.3 Å². The Hall–Kier alpha value is -2.56. The molecule has 2 N–H and O–H groups in total. The molecule has 0 aromatic heterocycles. The van der Waals surface area contributed by atoms with Gasteiger partial charge in [-0.05, 0) is 48.2 Å². The molecule has 0 fully saturated rings. The molecule has 0 bridgehead atoms. The van der Waals surface area contributed by atoms with Crippen molar-refractivity contribution in [1.82, 2.24) is 10.6 Å². The van der Waals surface area contributed by atoms with Crippen LogP contribution in [0.3, 0.4) is 0 Å². The molecule has 2 aromatic rings. The van der Waals surface area contributed by atoms with Crippen molar-refractivity contribution in [3.63, 3.8) is 0 Å². The molecule has 0 heterocycles.